The van der Waals surface area contributed by atoms with Gasteiger partial charge in [0.2, 0.25) is 0 Å². The zero-order chi connectivity index (χ0) is 10.8. The van der Waals surface area contributed by atoms with Gasteiger partial charge in [-0.2, -0.15) is 0 Å². The number of rotatable bonds is 3. The average molecular weight is 270 g/mol. The second-order valence-corrected chi connectivity index (χ2v) is 4.61. The molecule has 1 aliphatic rings. The predicted molar refractivity (Wildman–Crippen MR) is 59.7 cm³/mol. The maximum atomic E-state index is 11.4. The summed E-state index contributed by atoms with van der Waals surface area (Å²) >= 11 is 3.27. The van der Waals surface area contributed by atoms with Crippen molar-refractivity contribution in [1.29, 1.82) is 0 Å². The summed E-state index contributed by atoms with van der Waals surface area (Å²) in [7, 11) is 0. The van der Waals surface area contributed by atoms with E-state index >= 15 is 0 Å². The Labute approximate surface area is 97.0 Å². The zero-order valence-corrected chi connectivity index (χ0v) is 10.1. The second-order valence-electron chi connectivity index (χ2n) is 3.86. The molecule has 0 spiro atoms. The predicted octanol–water partition coefficient (Wildman–Crippen LogP) is 2.86. The lowest BCUT2D eigenvalue weighted by Gasteiger charge is -2.05. The summed E-state index contributed by atoms with van der Waals surface area (Å²) in [6.45, 7) is 1.89. The molecular weight excluding hydrogens is 258 g/mol. The minimum atomic E-state index is -0.163. The second kappa shape index (κ2) is 4.31. The van der Waals surface area contributed by atoms with Gasteiger partial charge in [0.05, 0.1) is 0 Å². The molecule has 0 N–H and O–H groups in total. The molecule has 0 atom stereocenters. The van der Waals surface area contributed by atoms with Crippen molar-refractivity contribution in [3.63, 3.8) is 0 Å². The van der Waals surface area contributed by atoms with E-state index in [-0.39, 0.29) is 5.97 Å². The third kappa shape index (κ3) is 3.02. The molecule has 1 aromatic heterocycles. The molecule has 1 aliphatic carbocycles. The zero-order valence-electron chi connectivity index (χ0n) is 8.50. The lowest BCUT2D eigenvalue weighted by Crippen LogP contribution is -2.09. The number of pyridine rings is 1. The molecule has 1 fully saturated rings. The van der Waals surface area contributed by atoms with Crippen LogP contribution in [0.5, 0.6) is 5.75 Å². The molecule has 0 amide bonds. The van der Waals surface area contributed by atoms with Crippen molar-refractivity contribution in [2.45, 2.75) is 26.2 Å². The SMILES string of the molecule is Cc1ccc(OC(=O)CC2CC2)c(Br)n1. The number of hydrogen-bond donors (Lipinski definition) is 0. The van der Waals surface area contributed by atoms with Gasteiger partial charge in [-0.1, -0.05) is 0 Å². The van der Waals surface area contributed by atoms with Crippen molar-refractivity contribution in [2.24, 2.45) is 5.92 Å². The summed E-state index contributed by atoms with van der Waals surface area (Å²) in [5.41, 5.74) is 0.892. The number of aromatic nitrogens is 1. The minimum Gasteiger partial charge on any atom is -0.424 e. The highest BCUT2D eigenvalue weighted by atomic mass is 79.9. The van der Waals surface area contributed by atoms with Gasteiger partial charge in [0.25, 0.3) is 0 Å². The van der Waals surface area contributed by atoms with Crippen molar-refractivity contribution in [2.75, 3.05) is 0 Å². The normalized spacial score (nSPS) is 15.1. The molecule has 1 aromatic rings. The smallest absolute Gasteiger partial charge is 0.311 e. The monoisotopic (exact) mass is 269 g/mol. The number of carbonyl (C=O) groups excluding carboxylic acids is 1. The third-order valence-corrected chi connectivity index (χ3v) is 2.90. The molecule has 0 saturated heterocycles. The summed E-state index contributed by atoms with van der Waals surface area (Å²) in [5.74, 6) is 0.893. The van der Waals surface area contributed by atoms with Gasteiger partial charge in [0.15, 0.2) is 5.75 Å². The number of ether oxygens (including phenoxy) is 1. The van der Waals surface area contributed by atoms with Gasteiger partial charge in [-0.05, 0) is 53.7 Å². The van der Waals surface area contributed by atoms with Gasteiger partial charge < -0.3 is 4.74 Å². The van der Waals surface area contributed by atoms with Gasteiger partial charge in [-0.25, -0.2) is 4.98 Å². The third-order valence-electron chi connectivity index (χ3n) is 2.33. The fourth-order valence-electron chi connectivity index (χ4n) is 1.31. The Bertz CT molecular complexity index is 388. The van der Waals surface area contributed by atoms with Crippen LogP contribution in [0.25, 0.3) is 0 Å². The maximum Gasteiger partial charge on any atom is 0.311 e. The van der Waals surface area contributed by atoms with Crippen LogP contribution in [0.15, 0.2) is 16.7 Å². The Morgan fingerprint density at radius 1 is 1.60 bits per heavy atom. The maximum absolute atomic E-state index is 11.4. The number of hydrogen-bond acceptors (Lipinski definition) is 3. The summed E-state index contributed by atoms with van der Waals surface area (Å²) in [6.07, 6.45) is 2.84. The molecular formula is C11H12BrNO2. The molecule has 80 valence electrons. The van der Waals surface area contributed by atoms with E-state index in [1.807, 2.05) is 13.0 Å². The largest absolute Gasteiger partial charge is 0.424 e. The number of carbonyl (C=O) groups is 1. The molecule has 4 heteroatoms. The molecule has 2 rings (SSSR count). The average Bonchev–Trinajstić information content (AvgIpc) is 2.94. The molecule has 0 unspecified atom stereocenters. The van der Waals surface area contributed by atoms with E-state index < -0.39 is 0 Å². The first-order valence-corrected chi connectivity index (χ1v) is 5.78. The van der Waals surface area contributed by atoms with Crippen LogP contribution in [0.2, 0.25) is 0 Å². The fourth-order valence-corrected chi connectivity index (χ4v) is 1.80. The van der Waals surface area contributed by atoms with Crippen LogP contribution in [-0.2, 0) is 4.79 Å². The summed E-state index contributed by atoms with van der Waals surface area (Å²) in [6, 6.07) is 3.59. The van der Waals surface area contributed by atoms with Crippen molar-refractivity contribution in [3.05, 3.63) is 22.4 Å². The number of nitrogens with zero attached hydrogens (tertiary/aromatic N) is 1. The van der Waals surface area contributed by atoms with Crippen LogP contribution in [-0.4, -0.2) is 11.0 Å². The van der Waals surface area contributed by atoms with Gasteiger partial charge in [0, 0.05) is 12.1 Å². The quantitative estimate of drug-likeness (QED) is 0.626. The molecule has 0 bridgehead atoms. The Balaban J connectivity index is 1.99. The molecule has 0 aliphatic heterocycles. The van der Waals surface area contributed by atoms with E-state index in [0.29, 0.717) is 22.7 Å². The van der Waals surface area contributed by atoms with Crippen LogP contribution in [0, 0.1) is 12.8 Å². The molecule has 15 heavy (non-hydrogen) atoms. The van der Waals surface area contributed by atoms with E-state index in [0.717, 1.165) is 18.5 Å². The highest BCUT2D eigenvalue weighted by Gasteiger charge is 2.25. The molecule has 0 aromatic carbocycles. The van der Waals surface area contributed by atoms with Crippen LogP contribution >= 0.6 is 15.9 Å². The fraction of sp³-hybridized carbons (Fsp3) is 0.455. The van der Waals surface area contributed by atoms with Crippen LogP contribution in [0.3, 0.4) is 0 Å². The number of aryl methyl sites for hydroxylation is 1. The van der Waals surface area contributed by atoms with E-state index in [1.165, 1.54) is 0 Å². The first kappa shape index (κ1) is 10.6. The van der Waals surface area contributed by atoms with Crippen LogP contribution < -0.4 is 4.74 Å². The highest BCUT2D eigenvalue weighted by molar-refractivity contribution is 9.10. The van der Waals surface area contributed by atoms with Crippen molar-refractivity contribution >= 4 is 21.9 Å². The van der Waals surface area contributed by atoms with E-state index in [2.05, 4.69) is 20.9 Å². The van der Waals surface area contributed by atoms with E-state index in [1.54, 1.807) is 6.07 Å². The summed E-state index contributed by atoms with van der Waals surface area (Å²) in [5, 5.41) is 0. The first-order chi connectivity index (χ1) is 7.15. The van der Waals surface area contributed by atoms with Gasteiger partial charge in [0.1, 0.15) is 4.60 Å². The van der Waals surface area contributed by atoms with Gasteiger partial charge >= 0.3 is 5.97 Å². The van der Waals surface area contributed by atoms with Crippen LogP contribution in [0.4, 0.5) is 0 Å². The van der Waals surface area contributed by atoms with Crippen molar-refractivity contribution in [3.8, 4) is 5.75 Å². The standard InChI is InChI=1S/C11H12BrNO2/c1-7-2-5-9(11(12)13-7)15-10(14)6-8-3-4-8/h2,5,8H,3-4,6H2,1H3. The minimum absolute atomic E-state index is 0.163. The number of halogens is 1. The van der Waals surface area contributed by atoms with Gasteiger partial charge in [-0.3, -0.25) is 4.79 Å². The van der Waals surface area contributed by atoms with E-state index in [9.17, 15) is 4.79 Å². The Morgan fingerprint density at radius 3 is 2.93 bits per heavy atom. The lowest BCUT2D eigenvalue weighted by atomic mass is 10.3. The topological polar surface area (TPSA) is 39.2 Å². The molecule has 1 heterocycles. The Hall–Kier alpha value is -0.900. The van der Waals surface area contributed by atoms with Crippen LogP contribution in [0.1, 0.15) is 25.0 Å². The highest BCUT2D eigenvalue weighted by Crippen LogP contribution is 2.33. The Kier molecular flexibility index (Phi) is 3.05. The lowest BCUT2D eigenvalue weighted by molar-refractivity contribution is -0.134. The van der Waals surface area contributed by atoms with E-state index in [4.69, 9.17) is 4.74 Å². The van der Waals surface area contributed by atoms with Crippen molar-refractivity contribution < 1.29 is 9.53 Å². The Morgan fingerprint density at radius 2 is 2.33 bits per heavy atom. The summed E-state index contributed by atoms with van der Waals surface area (Å²) in [4.78, 5) is 15.6. The summed E-state index contributed by atoms with van der Waals surface area (Å²) < 4.78 is 5.79. The molecule has 3 nitrogen and oxygen atoms in total. The number of esters is 1. The molecule has 1 saturated carbocycles. The molecule has 0 radical (unpaired) electrons. The van der Waals surface area contributed by atoms with Crippen molar-refractivity contribution in [1.82, 2.24) is 4.98 Å². The first-order valence-electron chi connectivity index (χ1n) is 4.99. The van der Waals surface area contributed by atoms with Gasteiger partial charge in [-0.15, -0.1) is 0 Å².